The highest BCUT2D eigenvalue weighted by Crippen LogP contribution is 2.21. The molecule has 1 unspecified atom stereocenters. The largest absolute Gasteiger partial charge is 0.388 e. The van der Waals surface area contributed by atoms with Gasteiger partial charge in [-0.1, -0.05) is 39.3 Å². The third kappa shape index (κ3) is 4.04. The first-order valence-corrected chi connectivity index (χ1v) is 6.57. The van der Waals surface area contributed by atoms with E-state index in [4.69, 9.17) is 0 Å². The highest BCUT2D eigenvalue weighted by Gasteiger charge is 2.07. The van der Waals surface area contributed by atoms with E-state index < -0.39 is 0 Å². The van der Waals surface area contributed by atoms with Gasteiger partial charge in [-0.25, -0.2) is 0 Å². The molecule has 0 fully saturated rings. The molecule has 2 heteroatoms. The standard InChI is InChI=1S/C15H25NO/c1-5-12(3)11-16(4)14-9-7-13(8-10-14)15(17)6-2/h7-10,12,15,17H,5-6,11H2,1-4H3/t12?,15-/m1/s1. The Morgan fingerprint density at radius 2 is 1.71 bits per heavy atom. The molecule has 96 valence electrons. The maximum atomic E-state index is 9.73. The van der Waals surface area contributed by atoms with Crippen LogP contribution >= 0.6 is 0 Å². The SMILES string of the molecule is CCC(C)CN(C)c1ccc([C@H](O)CC)cc1. The van der Waals surface area contributed by atoms with Crippen LogP contribution in [-0.4, -0.2) is 18.7 Å². The first-order valence-electron chi connectivity index (χ1n) is 6.57. The third-order valence-corrected chi connectivity index (χ3v) is 3.39. The molecular formula is C15H25NO. The number of hydrogen-bond acceptors (Lipinski definition) is 2. The number of benzene rings is 1. The van der Waals surface area contributed by atoms with Crippen LogP contribution in [0.5, 0.6) is 0 Å². The molecular weight excluding hydrogens is 210 g/mol. The molecule has 17 heavy (non-hydrogen) atoms. The predicted octanol–water partition coefficient (Wildman–Crippen LogP) is 3.61. The van der Waals surface area contributed by atoms with Crippen molar-refractivity contribution in [3.05, 3.63) is 29.8 Å². The van der Waals surface area contributed by atoms with Crippen molar-refractivity contribution in [2.24, 2.45) is 5.92 Å². The van der Waals surface area contributed by atoms with E-state index in [0.717, 1.165) is 18.5 Å². The predicted molar refractivity (Wildman–Crippen MR) is 74.4 cm³/mol. The number of nitrogens with zero attached hydrogens (tertiary/aromatic N) is 1. The Morgan fingerprint density at radius 1 is 1.12 bits per heavy atom. The molecule has 1 aromatic rings. The van der Waals surface area contributed by atoms with Crippen molar-refractivity contribution in [1.29, 1.82) is 0 Å². The van der Waals surface area contributed by atoms with Crippen molar-refractivity contribution in [3.63, 3.8) is 0 Å². The molecule has 0 aliphatic carbocycles. The van der Waals surface area contributed by atoms with Crippen molar-refractivity contribution >= 4 is 5.69 Å². The highest BCUT2D eigenvalue weighted by molar-refractivity contribution is 5.47. The molecule has 0 saturated heterocycles. The normalized spacial score (nSPS) is 14.4. The molecule has 1 rings (SSSR count). The molecule has 2 atom stereocenters. The minimum atomic E-state index is -0.330. The summed E-state index contributed by atoms with van der Waals surface area (Å²) >= 11 is 0. The Morgan fingerprint density at radius 3 is 2.18 bits per heavy atom. The van der Waals surface area contributed by atoms with Crippen molar-refractivity contribution in [2.75, 3.05) is 18.5 Å². The molecule has 0 aliphatic heterocycles. The van der Waals surface area contributed by atoms with Gasteiger partial charge in [0, 0.05) is 19.3 Å². The van der Waals surface area contributed by atoms with Crippen LogP contribution in [0, 0.1) is 5.92 Å². The van der Waals surface area contributed by atoms with Crippen LogP contribution in [0.4, 0.5) is 5.69 Å². The summed E-state index contributed by atoms with van der Waals surface area (Å²) < 4.78 is 0. The van der Waals surface area contributed by atoms with Crippen LogP contribution in [0.15, 0.2) is 24.3 Å². The molecule has 0 aromatic heterocycles. The second-order valence-electron chi connectivity index (χ2n) is 4.91. The third-order valence-electron chi connectivity index (χ3n) is 3.39. The maximum Gasteiger partial charge on any atom is 0.0787 e. The zero-order valence-corrected chi connectivity index (χ0v) is 11.5. The zero-order valence-electron chi connectivity index (χ0n) is 11.5. The summed E-state index contributed by atoms with van der Waals surface area (Å²) in [6.07, 6.45) is 1.64. The quantitative estimate of drug-likeness (QED) is 0.814. The van der Waals surface area contributed by atoms with Crippen LogP contribution in [-0.2, 0) is 0 Å². The molecule has 0 spiro atoms. The van der Waals surface area contributed by atoms with Crippen LogP contribution in [0.2, 0.25) is 0 Å². The van der Waals surface area contributed by atoms with Gasteiger partial charge in [0.15, 0.2) is 0 Å². The van der Waals surface area contributed by atoms with Crippen molar-refractivity contribution in [2.45, 2.75) is 39.7 Å². The van der Waals surface area contributed by atoms with E-state index in [-0.39, 0.29) is 6.10 Å². The lowest BCUT2D eigenvalue weighted by Crippen LogP contribution is -2.23. The van der Waals surface area contributed by atoms with Gasteiger partial charge in [0.1, 0.15) is 0 Å². The Kier molecular flexibility index (Phi) is 5.49. The van der Waals surface area contributed by atoms with Gasteiger partial charge < -0.3 is 10.0 Å². The van der Waals surface area contributed by atoms with Gasteiger partial charge in [0.25, 0.3) is 0 Å². The minimum Gasteiger partial charge on any atom is -0.388 e. The van der Waals surface area contributed by atoms with E-state index >= 15 is 0 Å². The molecule has 0 bridgehead atoms. The van der Waals surface area contributed by atoms with Gasteiger partial charge in [-0.05, 0) is 30.0 Å². The van der Waals surface area contributed by atoms with Crippen LogP contribution in [0.25, 0.3) is 0 Å². The molecule has 0 radical (unpaired) electrons. The summed E-state index contributed by atoms with van der Waals surface area (Å²) in [4.78, 5) is 2.27. The van der Waals surface area contributed by atoms with Crippen molar-refractivity contribution in [3.8, 4) is 0 Å². The molecule has 2 nitrogen and oxygen atoms in total. The topological polar surface area (TPSA) is 23.5 Å². The first-order chi connectivity index (χ1) is 8.08. The first kappa shape index (κ1) is 14.0. The summed E-state index contributed by atoms with van der Waals surface area (Å²) in [5, 5.41) is 9.73. The lowest BCUT2D eigenvalue weighted by Gasteiger charge is -2.23. The molecule has 1 aromatic carbocycles. The Labute approximate surface area is 105 Å². The fourth-order valence-corrected chi connectivity index (χ4v) is 1.89. The minimum absolute atomic E-state index is 0.330. The van der Waals surface area contributed by atoms with E-state index in [9.17, 15) is 5.11 Å². The summed E-state index contributed by atoms with van der Waals surface area (Å²) in [6.45, 7) is 7.56. The van der Waals surface area contributed by atoms with E-state index in [1.807, 2.05) is 19.1 Å². The lowest BCUT2D eigenvalue weighted by atomic mass is 10.1. The van der Waals surface area contributed by atoms with Crippen LogP contribution < -0.4 is 4.90 Å². The Bertz CT molecular complexity index is 320. The summed E-state index contributed by atoms with van der Waals surface area (Å²) in [5.41, 5.74) is 2.23. The second kappa shape index (κ2) is 6.65. The monoisotopic (exact) mass is 235 g/mol. The van der Waals surface area contributed by atoms with Gasteiger partial charge in [0.2, 0.25) is 0 Å². The zero-order chi connectivity index (χ0) is 12.8. The van der Waals surface area contributed by atoms with Gasteiger partial charge in [0.05, 0.1) is 6.10 Å². The lowest BCUT2D eigenvalue weighted by molar-refractivity contribution is 0.173. The Hall–Kier alpha value is -1.02. The Balaban J connectivity index is 2.66. The van der Waals surface area contributed by atoms with Gasteiger partial charge in [-0.2, -0.15) is 0 Å². The van der Waals surface area contributed by atoms with Crippen molar-refractivity contribution < 1.29 is 5.11 Å². The van der Waals surface area contributed by atoms with E-state index in [1.54, 1.807) is 0 Å². The summed E-state index contributed by atoms with van der Waals surface area (Å²) in [7, 11) is 2.12. The van der Waals surface area contributed by atoms with E-state index in [2.05, 4.69) is 37.9 Å². The van der Waals surface area contributed by atoms with Crippen molar-refractivity contribution in [1.82, 2.24) is 0 Å². The number of aliphatic hydroxyl groups excluding tert-OH is 1. The fraction of sp³-hybridized carbons (Fsp3) is 0.600. The molecule has 0 aliphatic rings. The van der Waals surface area contributed by atoms with Gasteiger partial charge >= 0.3 is 0 Å². The highest BCUT2D eigenvalue weighted by atomic mass is 16.3. The second-order valence-corrected chi connectivity index (χ2v) is 4.91. The van der Waals surface area contributed by atoms with Gasteiger partial charge in [-0.15, -0.1) is 0 Å². The fourth-order valence-electron chi connectivity index (χ4n) is 1.89. The van der Waals surface area contributed by atoms with Gasteiger partial charge in [-0.3, -0.25) is 0 Å². The molecule has 0 heterocycles. The van der Waals surface area contributed by atoms with Crippen LogP contribution in [0.3, 0.4) is 0 Å². The maximum absolute atomic E-state index is 9.73. The summed E-state index contributed by atoms with van der Waals surface area (Å²) in [5.74, 6) is 0.709. The number of rotatable bonds is 6. The molecule has 0 saturated carbocycles. The summed E-state index contributed by atoms with van der Waals surface area (Å²) in [6, 6.07) is 8.24. The van der Waals surface area contributed by atoms with E-state index in [1.165, 1.54) is 12.1 Å². The van der Waals surface area contributed by atoms with E-state index in [0.29, 0.717) is 5.92 Å². The molecule has 0 amide bonds. The average molecular weight is 235 g/mol. The number of hydrogen-bond donors (Lipinski definition) is 1. The molecule has 1 N–H and O–H groups in total. The van der Waals surface area contributed by atoms with Crippen LogP contribution in [0.1, 0.15) is 45.3 Å². The smallest absolute Gasteiger partial charge is 0.0787 e. The average Bonchev–Trinajstić information content (AvgIpc) is 2.37. The number of anilines is 1. The number of aliphatic hydroxyl groups is 1.